The molecule has 0 saturated carbocycles. The minimum Gasteiger partial charge on any atom is -0.0620 e. The van der Waals surface area contributed by atoms with Crippen LogP contribution < -0.4 is 0 Å². The van der Waals surface area contributed by atoms with E-state index in [0.29, 0.717) is 0 Å². The molecule has 0 nitrogen and oxygen atoms in total. The topological polar surface area (TPSA) is 0 Å². The van der Waals surface area contributed by atoms with Crippen LogP contribution in [0.25, 0.3) is 0 Å². The van der Waals surface area contributed by atoms with Gasteiger partial charge < -0.3 is 0 Å². The zero-order chi connectivity index (χ0) is 16.8. The molecule has 0 aliphatic rings. The van der Waals surface area contributed by atoms with Gasteiger partial charge in [-0.2, -0.15) is 0 Å². The monoisotopic (exact) mass is 314 g/mol. The van der Waals surface area contributed by atoms with Crippen LogP contribution in [0.2, 0.25) is 0 Å². The van der Waals surface area contributed by atoms with E-state index < -0.39 is 0 Å². The minimum absolute atomic E-state index is 1.11. The smallest absolute Gasteiger partial charge is 0.0236 e. The quantitative estimate of drug-likeness (QED) is 0.533. The van der Waals surface area contributed by atoms with Crippen LogP contribution >= 0.6 is 0 Å². The van der Waals surface area contributed by atoms with E-state index in [1.807, 2.05) is 0 Å². The molecular formula is C24H26. The highest BCUT2D eigenvalue weighted by atomic mass is 14.1. The molecule has 0 aliphatic carbocycles. The van der Waals surface area contributed by atoms with Gasteiger partial charge in [-0.25, -0.2) is 0 Å². The molecule has 0 spiro atoms. The number of hydrogen-bond acceptors (Lipinski definition) is 0. The number of benzene rings is 3. The van der Waals surface area contributed by atoms with Crippen molar-refractivity contribution in [2.45, 2.75) is 39.5 Å². The van der Waals surface area contributed by atoms with Gasteiger partial charge in [0.1, 0.15) is 0 Å². The molecule has 0 unspecified atom stereocenters. The first-order chi connectivity index (χ1) is 11.7. The largest absolute Gasteiger partial charge is 0.0620 e. The lowest BCUT2D eigenvalue weighted by Crippen LogP contribution is -1.99. The van der Waals surface area contributed by atoms with Gasteiger partial charge in [0.05, 0.1) is 0 Å². The molecule has 0 radical (unpaired) electrons. The molecule has 0 N–H and O–H groups in total. The van der Waals surface area contributed by atoms with Gasteiger partial charge in [0.15, 0.2) is 0 Å². The standard InChI is InChI=1S/C24H26/c1-19-7-11-21(12-8-19)15-17-23-5-3-4-6-24(23)18-16-22-13-9-20(2)10-14-22/h3-14H,15-18H2,1-2H3. The van der Waals surface area contributed by atoms with Crippen LogP contribution in [-0.2, 0) is 25.7 Å². The van der Waals surface area contributed by atoms with Crippen LogP contribution in [0.3, 0.4) is 0 Å². The average molecular weight is 314 g/mol. The summed E-state index contributed by atoms with van der Waals surface area (Å²) in [6.45, 7) is 4.29. The molecule has 3 aromatic carbocycles. The summed E-state index contributed by atoms with van der Waals surface area (Å²) < 4.78 is 0. The fourth-order valence-electron chi connectivity index (χ4n) is 3.11. The molecule has 122 valence electrons. The van der Waals surface area contributed by atoms with Crippen molar-refractivity contribution in [1.29, 1.82) is 0 Å². The van der Waals surface area contributed by atoms with Crippen LogP contribution in [0, 0.1) is 13.8 Å². The van der Waals surface area contributed by atoms with E-state index in [4.69, 9.17) is 0 Å². The highest BCUT2D eigenvalue weighted by Gasteiger charge is 2.04. The van der Waals surface area contributed by atoms with Crippen molar-refractivity contribution in [3.05, 3.63) is 106 Å². The molecule has 0 atom stereocenters. The second-order valence-electron chi connectivity index (χ2n) is 6.74. The van der Waals surface area contributed by atoms with E-state index in [9.17, 15) is 0 Å². The van der Waals surface area contributed by atoms with Crippen LogP contribution in [-0.4, -0.2) is 0 Å². The SMILES string of the molecule is Cc1ccc(CCc2ccccc2CCc2ccc(C)cc2)cc1. The Morgan fingerprint density at radius 3 is 1.21 bits per heavy atom. The molecule has 24 heavy (non-hydrogen) atoms. The van der Waals surface area contributed by atoms with Gasteiger partial charge in [-0.05, 0) is 61.8 Å². The highest BCUT2D eigenvalue weighted by Crippen LogP contribution is 2.16. The van der Waals surface area contributed by atoms with Gasteiger partial charge in [-0.3, -0.25) is 0 Å². The third-order valence-corrected chi connectivity index (χ3v) is 4.73. The lowest BCUT2D eigenvalue weighted by molar-refractivity contribution is 0.893. The van der Waals surface area contributed by atoms with Gasteiger partial charge in [0.25, 0.3) is 0 Å². The third kappa shape index (κ3) is 4.58. The summed E-state index contributed by atoms with van der Waals surface area (Å²) in [5.41, 5.74) is 8.49. The summed E-state index contributed by atoms with van der Waals surface area (Å²) in [5.74, 6) is 0. The molecule has 0 aromatic heterocycles. The lowest BCUT2D eigenvalue weighted by Gasteiger charge is -2.10. The molecule has 0 heterocycles. The number of hydrogen-bond donors (Lipinski definition) is 0. The number of rotatable bonds is 6. The van der Waals surface area contributed by atoms with E-state index >= 15 is 0 Å². The molecule has 0 saturated heterocycles. The Morgan fingerprint density at radius 1 is 0.458 bits per heavy atom. The third-order valence-electron chi connectivity index (χ3n) is 4.73. The van der Waals surface area contributed by atoms with Gasteiger partial charge in [0.2, 0.25) is 0 Å². The second kappa shape index (κ2) is 7.97. The van der Waals surface area contributed by atoms with Crippen molar-refractivity contribution in [2.24, 2.45) is 0 Å². The molecule has 3 rings (SSSR count). The van der Waals surface area contributed by atoms with Gasteiger partial charge in [-0.15, -0.1) is 0 Å². The molecular weight excluding hydrogens is 288 g/mol. The Morgan fingerprint density at radius 2 is 0.833 bits per heavy atom. The van der Waals surface area contributed by atoms with Crippen LogP contribution in [0.15, 0.2) is 72.8 Å². The minimum atomic E-state index is 1.11. The van der Waals surface area contributed by atoms with E-state index in [2.05, 4.69) is 86.6 Å². The van der Waals surface area contributed by atoms with Crippen molar-refractivity contribution >= 4 is 0 Å². The van der Waals surface area contributed by atoms with Gasteiger partial charge in [-0.1, -0.05) is 83.9 Å². The predicted molar refractivity (Wildman–Crippen MR) is 104 cm³/mol. The van der Waals surface area contributed by atoms with Crippen LogP contribution in [0.1, 0.15) is 33.4 Å². The van der Waals surface area contributed by atoms with E-state index in [-0.39, 0.29) is 0 Å². The van der Waals surface area contributed by atoms with Crippen molar-refractivity contribution in [3.8, 4) is 0 Å². The first kappa shape index (κ1) is 16.5. The highest BCUT2D eigenvalue weighted by molar-refractivity contribution is 5.31. The van der Waals surface area contributed by atoms with E-state index in [1.54, 1.807) is 0 Å². The summed E-state index contributed by atoms with van der Waals surface area (Å²) in [6.07, 6.45) is 4.46. The number of aryl methyl sites for hydroxylation is 6. The van der Waals surface area contributed by atoms with Gasteiger partial charge >= 0.3 is 0 Å². The normalized spacial score (nSPS) is 10.8. The van der Waals surface area contributed by atoms with Crippen molar-refractivity contribution < 1.29 is 0 Å². The lowest BCUT2D eigenvalue weighted by atomic mass is 9.95. The Kier molecular flexibility index (Phi) is 5.48. The average Bonchev–Trinajstić information content (AvgIpc) is 2.61. The molecule has 0 heteroatoms. The molecule has 0 amide bonds. The Bertz CT molecular complexity index is 695. The Balaban J connectivity index is 1.64. The molecule has 0 aliphatic heterocycles. The fourth-order valence-corrected chi connectivity index (χ4v) is 3.11. The van der Waals surface area contributed by atoms with Gasteiger partial charge in [0, 0.05) is 0 Å². The van der Waals surface area contributed by atoms with Crippen molar-refractivity contribution in [2.75, 3.05) is 0 Å². The van der Waals surface area contributed by atoms with Crippen molar-refractivity contribution in [1.82, 2.24) is 0 Å². The zero-order valence-electron chi connectivity index (χ0n) is 14.8. The van der Waals surface area contributed by atoms with Crippen molar-refractivity contribution in [3.63, 3.8) is 0 Å². The Hall–Kier alpha value is -2.34. The van der Waals surface area contributed by atoms with E-state index in [0.717, 1.165) is 25.7 Å². The summed E-state index contributed by atoms with van der Waals surface area (Å²) in [5, 5.41) is 0. The fraction of sp³-hybridized carbons (Fsp3) is 0.250. The maximum absolute atomic E-state index is 2.29. The molecule has 0 bridgehead atoms. The summed E-state index contributed by atoms with van der Waals surface area (Å²) in [6, 6.07) is 26.8. The van der Waals surface area contributed by atoms with Crippen LogP contribution in [0.5, 0.6) is 0 Å². The van der Waals surface area contributed by atoms with E-state index in [1.165, 1.54) is 33.4 Å². The maximum Gasteiger partial charge on any atom is -0.0236 e. The summed E-state index contributed by atoms with van der Waals surface area (Å²) in [7, 11) is 0. The molecule has 0 fully saturated rings. The zero-order valence-corrected chi connectivity index (χ0v) is 14.8. The predicted octanol–water partition coefficient (Wildman–Crippen LogP) is 5.87. The summed E-state index contributed by atoms with van der Waals surface area (Å²) >= 11 is 0. The molecule has 3 aromatic rings. The first-order valence-electron chi connectivity index (χ1n) is 8.88. The first-order valence-corrected chi connectivity index (χ1v) is 8.88. The maximum atomic E-state index is 2.29. The Labute approximate surface area is 146 Å². The van der Waals surface area contributed by atoms with Crippen LogP contribution in [0.4, 0.5) is 0 Å². The second-order valence-corrected chi connectivity index (χ2v) is 6.74. The summed E-state index contributed by atoms with van der Waals surface area (Å²) in [4.78, 5) is 0.